The average Bonchev–Trinajstić information content (AvgIpc) is 2.65. The molecule has 3 bridgehead atoms. The van der Waals surface area contributed by atoms with Gasteiger partial charge in [0.2, 0.25) is 0 Å². The SMILES string of the molecule is CC1(OC(=O)COC(=O)CN2CCOCC2)C2CCC3CCC1CC3C2. The maximum Gasteiger partial charge on any atom is 0.344 e. The number of ether oxygens (including phenoxy) is 3. The Morgan fingerprint density at radius 3 is 2.31 bits per heavy atom. The van der Waals surface area contributed by atoms with Gasteiger partial charge >= 0.3 is 11.9 Å². The first-order valence-corrected chi connectivity index (χ1v) is 10.2. The third kappa shape index (κ3) is 3.63. The van der Waals surface area contributed by atoms with E-state index in [0.29, 0.717) is 25.0 Å². The maximum atomic E-state index is 12.4. The maximum absolute atomic E-state index is 12.4. The summed E-state index contributed by atoms with van der Waals surface area (Å²) < 4.78 is 16.4. The van der Waals surface area contributed by atoms with Crippen LogP contribution in [0.15, 0.2) is 0 Å². The largest absolute Gasteiger partial charge is 0.456 e. The van der Waals surface area contributed by atoms with Gasteiger partial charge in [-0.3, -0.25) is 9.69 Å². The molecule has 1 aliphatic heterocycles. The van der Waals surface area contributed by atoms with Crippen LogP contribution in [0.3, 0.4) is 0 Å². The summed E-state index contributed by atoms with van der Waals surface area (Å²) in [5.74, 6) is 1.92. The van der Waals surface area contributed by atoms with Crippen molar-refractivity contribution in [2.45, 2.75) is 51.0 Å². The van der Waals surface area contributed by atoms with Crippen molar-refractivity contribution in [1.82, 2.24) is 4.90 Å². The summed E-state index contributed by atoms with van der Waals surface area (Å²) in [5, 5.41) is 0. The van der Waals surface area contributed by atoms with Crippen molar-refractivity contribution in [3.05, 3.63) is 0 Å². The monoisotopic (exact) mass is 365 g/mol. The Balaban J connectivity index is 1.27. The van der Waals surface area contributed by atoms with E-state index in [0.717, 1.165) is 37.8 Å². The smallest absolute Gasteiger partial charge is 0.344 e. The lowest BCUT2D eigenvalue weighted by atomic mass is 9.52. The van der Waals surface area contributed by atoms with Crippen LogP contribution in [-0.4, -0.2) is 61.9 Å². The predicted octanol–water partition coefficient (Wildman–Crippen LogP) is 2.01. The first kappa shape index (κ1) is 18.2. The van der Waals surface area contributed by atoms with E-state index in [2.05, 4.69) is 6.92 Å². The Morgan fingerprint density at radius 1 is 1.00 bits per heavy atom. The highest BCUT2D eigenvalue weighted by Crippen LogP contribution is 2.57. The fourth-order valence-electron chi connectivity index (χ4n) is 5.84. The minimum atomic E-state index is -0.394. The lowest BCUT2D eigenvalue weighted by molar-refractivity contribution is -0.200. The van der Waals surface area contributed by atoms with Gasteiger partial charge in [-0.15, -0.1) is 0 Å². The molecule has 3 aliphatic carbocycles. The fraction of sp³-hybridized carbons (Fsp3) is 0.900. The zero-order valence-corrected chi connectivity index (χ0v) is 15.8. The molecule has 2 atom stereocenters. The van der Waals surface area contributed by atoms with Crippen LogP contribution in [-0.2, 0) is 23.8 Å². The van der Waals surface area contributed by atoms with E-state index < -0.39 is 5.97 Å². The van der Waals surface area contributed by atoms with Gasteiger partial charge in [0.1, 0.15) is 5.60 Å². The minimum absolute atomic E-state index is 0.211. The van der Waals surface area contributed by atoms with Gasteiger partial charge in [0, 0.05) is 13.1 Å². The molecule has 1 heterocycles. The summed E-state index contributed by atoms with van der Waals surface area (Å²) in [7, 11) is 0. The van der Waals surface area contributed by atoms with Gasteiger partial charge in [-0.05, 0) is 69.1 Å². The molecule has 146 valence electrons. The molecule has 3 saturated carbocycles. The number of fused-ring (bicyclic) bond motifs is 2. The van der Waals surface area contributed by atoms with Crippen molar-refractivity contribution < 1.29 is 23.8 Å². The summed E-state index contributed by atoms with van der Waals surface area (Å²) in [4.78, 5) is 26.4. The molecule has 0 aromatic heterocycles. The Kier molecular flexibility index (Phi) is 5.24. The van der Waals surface area contributed by atoms with Gasteiger partial charge in [0.25, 0.3) is 0 Å². The molecule has 2 unspecified atom stereocenters. The second kappa shape index (κ2) is 7.47. The van der Waals surface area contributed by atoms with Crippen LogP contribution in [0.25, 0.3) is 0 Å². The molecule has 6 heteroatoms. The number of morpholine rings is 1. The molecule has 0 amide bonds. The topological polar surface area (TPSA) is 65.1 Å². The second-order valence-electron chi connectivity index (χ2n) is 8.75. The molecule has 26 heavy (non-hydrogen) atoms. The third-order valence-electron chi connectivity index (χ3n) is 7.38. The Bertz CT molecular complexity index is 526. The van der Waals surface area contributed by atoms with Crippen molar-refractivity contribution in [3.8, 4) is 0 Å². The van der Waals surface area contributed by atoms with Crippen LogP contribution in [0.4, 0.5) is 0 Å². The summed E-state index contributed by atoms with van der Waals surface area (Å²) in [5.41, 5.74) is -0.379. The number of nitrogens with zero attached hydrogens (tertiary/aromatic N) is 1. The van der Waals surface area contributed by atoms with Crippen molar-refractivity contribution in [3.63, 3.8) is 0 Å². The normalized spacial score (nSPS) is 39.4. The summed E-state index contributed by atoms with van der Waals surface area (Å²) in [6, 6.07) is 0. The molecular formula is C20H31NO5. The highest BCUT2D eigenvalue weighted by molar-refractivity contribution is 5.77. The van der Waals surface area contributed by atoms with Gasteiger partial charge in [-0.2, -0.15) is 0 Å². The molecular weight excluding hydrogens is 334 g/mol. The van der Waals surface area contributed by atoms with Crippen molar-refractivity contribution in [2.75, 3.05) is 39.5 Å². The number of carbonyl (C=O) groups is 2. The number of hydrogen-bond acceptors (Lipinski definition) is 6. The average molecular weight is 365 g/mol. The quantitative estimate of drug-likeness (QED) is 0.695. The molecule has 0 N–H and O–H groups in total. The van der Waals surface area contributed by atoms with Crippen LogP contribution in [0, 0.1) is 23.7 Å². The molecule has 4 aliphatic rings. The van der Waals surface area contributed by atoms with Gasteiger partial charge in [0.05, 0.1) is 19.8 Å². The van der Waals surface area contributed by atoms with E-state index in [1.165, 1.54) is 25.7 Å². The Morgan fingerprint density at radius 2 is 1.65 bits per heavy atom. The number of carbonyl (C=O) groups excluding carboxylic acids is 2. The van der Waals surface area contributed by atoms with E-state index in [1.807, 2.05) is 4.90 Å². The van der Waals surface area contributed by atoms with Gasteiger partial charge in [-0.1, -0.05) is 0 Å². The molecule has 0 aromatic rings. The third-order valence-corrected chi connectivity index (χ3v) is 7.38. The first-order valence-electron chi connectivity index (χ1n) is 10.2. The fourth-order valence-corrected chi connectivity index (χ4v) is 5.84. The lowest BCUT2D eigenvalue weighted by Gasteiger charge is -2.57. The van der Waals surface area contributed by atoms with Crippen LogP contribution in [0.1, 0.15) is 45.4 Å². The van der Waals surface area contributed by atoms with Crippen LogP contribution < -0.4 is 0 Å². The number of hydrogen-bond donors (Lipinski definition) is 0. The zero-order chi connectivity index (χ0) is 18.1. The van der Waals surface area contributed by atoms with Crippen molar-refractivity contribution in [1.29, 1.82) is 0 Å². The Labute approximate surface area is 155 Å². The predicted molar refractivity (Wildman–Crippen MR) is 94.4 cm³/mol. The van der Waals surface area contributed by atoms with E-state index in [1.54, 1.807) is 0 Å². The molecule has 1 saturated heterocycles. The number of rotatable bonds is 5. The van der Waals surface area contributed by atoms with E-state index >= 15 is 0 Å². The summed E-state index contributed by atoms with van der Waals surface area (Å²) in [6.45, 7) is 4.78. The lowest BCUT2D eigenvalue weighted by Crippen LogP contribution is -2.56. The standard InChI is InChI=1S/C20H31NO5/c1-20(16-4-2-14-3-5-17(20)11-15(14)10-16)26-19(23)13-25-18(22)12-21-6-8-24-9-7-21/h14-17H,2-13H2,1H3. The second-order valence-corrected chi connectivity index (χ2v) is 8.75. The molecule has 0 spiro atoms. The highest BCUT2D eigenvalue weighted by Gasteiger charge is 2.55. The van der Waals surface area contributed by atoms with Gasteiger partial charge in [-0.25, -0.2) is 4.79 Å². The summed E-state index contributed by atoms with van der Waals surface area (Å²) >= 11 is 0. The molecule has 4 rings (SSSR count). The van der Waals surface area contributed by atoms with Crippen LogP contribution >= 0.6 is 0 Å². The molecule has 4 fully saturated rings. The molecule has 6 nitrogen and oxygen atoms in total. The number of esters is 2. The highest BCUT2D eigenvalue weighted by atomic mass is 16.6. The first-order chi connectivity index (χ1) is 12.5. The van der Waals surface area contributed by atoms with Crippen LogP contribution in [0.2, 0.25) is 0 Å². The van der Waals surface area contributed by atoms with E-state index in [9.17, 15) is 9.59 Å². The van der Waals surface area contributed by atoms with Gasteiger partial charge in [0.15, 0.2) is 6.61 Å². The zero-order valence-electron chi connectivity index (χ0n) is 15.8. The van der Waals surface area contributed by atoms with Crippen molar-refractivity contribution in [2.24, 2.45) is 23.7 Å². The van der Waals surface area contributed by atoms with E-state index in [-0.39, 0.29) is 24.7 Å². The molecule has 0 aromatic carbocycles. The van der Waals surface area contributed by atoms with Gasteiger partial charge < -0.3 is 14.2 Å². The van der Waals surface area contributed by atoms with Crippen molar-refractivity contribution >= 4 is 11.9 Å². The summed E-state index contributed by atoms with van der Waals surface area (Å²) in [6.07, 6.45) is 7.29. The minimum Gasteiger partial charge on any atom is -0.456 e. The van der Waals surface area contributed by atoms with Crippen LogP contribution in [0.5, 0.6) is 0 Å². The molecule has 0 radical (unpaired) electrons. The van der Waals surface area contributed by atoms with E-state index in [4.69, 9.17) is 14.2 Å². The Hall–Kier alpha value is -1.14.